The van der Waals surface area contributed by atoms with Crippen LogP contribution in [0.2, 0.25) is 0 Å². The molecule has 1 saturated carbocycles. The molecule has 138 valence electrons. The van der Waals surface area contributed by atoms with Crippen molar-refractivity contribution >= 4 is 6.03 Å². The minimum atomic E-state index is -0.216. The SMILES string of the molecule is COc1ccccc1CNC(=O)NCc1ccccc1OC1CCCC1. The molecule has 0 atom stereocenters. The summed E-state index contributed by atoms with van der Waals surface area (Å²) in [5.74, 6) is 1.63. The van der Waals surface area contributed by atoms with Crippen molar-refractivity contribution in [1.82, 2.24) is 10.6 Å². The van der Waals surface area contributed by atoms with E-state index in [0.717, 1.165) is 35.5 Å². The molecule has 0 heterocycles. The average molecular weight is 354 g/mol. The molecule has 3 rings (SSSR count). The quantitative estimate of drug-likeness (QED) is 0.790. The van der Waals surface area contributed by atoms with Crippen molar-refractivity contribution in [1.29, 1.82) is 0 Å². The third kappa shape index (κ3) is 4.91. The molecule has 2 aromatic carbocycles. The fraction of sp³-hybridized carbons (Fsp3) is 0.381. The van der Waals surface area contributed by atoms with Gasteiger partial charge in [-0.05, 0) is 37.8 Å². The number of rotatable bonds is 7. The highest BCUT2D eigenvalue weighted by atomic mass is 16.5. The Morgan fingerprint density at radius 1 is 0.923 bits per heavy atom. The van der Waals surface area contributed by atoms with E-state index >= 15 is 0 Å². The highest BCUT2D eigenvalue weighted by Gasteiger charge is 2.17. The average Bonchev–Trinajstić information content (AvgIpc) is 3.19. The highest BCUT2D eigenvalue weighted by molar-refractivity contribution is 5.74. The summed E-state index contributed by atoms with van der Waals surface area (Å²) >= 11 is 0. The van der Waals surface area contributed by atoms with Gasteiger partial charge in [0.05, 0.1) is 13.2 Å². The minimum Gasteiger partial charge on any atom is -0.496 e. The molecule has 2 N–H and O–H groups in total. The van der Waals surface area contributed by atoms with E-state index in [-0.39, 0.29) is 6.03 Å². The lowest BCUT2D eigenvalue weighted by Gasteiger charge is -2.17. The zero-order valence-electron chi connectivity index (χ0n) is 15.2. The van der Waals surface area contributed by atoms with Gasteiger partial charge in [-0.15, -0.1) is 0 Å². The number of nitrogens with one attached hydrogen (secondary N) is 2. The fourth-order valence-electron chi connectivity index (χ4n) is 3.21. The lowest BCUT2D eigenvalue weighted by molar-refractivity contribution is 0.207. The van der Waals surface area contributed by atoms with Crippen molar-refractivity contribution in [2.24, 2.45) is 0 Å². The number of hydrogen-bond acceptors (Lipinski definition) is 3. The van der Waals surface area contributed by atoms with Crippen LogP contribution in [-0.2, 0) is 13.1 Å². The number of urea groups is 1. The van der Waals surface area contributed by atoms with Gasteiger partial charge < -0.3 is 20.1 Å². The van der Waals surface area contributed by atoms with E-state index in [2.05, 4.69) is 10.6 Å². The predicted molar refractivity (Wildman–Crippen MR) is 101 cm³/mol. The summed E-state index contributed by atoms with van der Waals surface area (Å²) in [6.07, 6.45) is 4.99. The predicted octanol–water partition coefficient (Wildman–Crippen LogP) is 4.02. The second kappa shape index (κ2) is 9.13. The van der Waals surface area contributed by atoms with Gasteiger partial charge in [0.2, 0.25) is 0 Å². The van der Waals surface area contributed by atoms with E-state index in [4.69, 9.17) is 9.47 Å². The minimum absolute atomic E-state index is 0.216. The molecule has 5 nitrogen and oxygen atoms in total. The van der Waals surface area contributed by atoms with Crippen LogP contribution in [0.1, 0.15) is 36.8 Å². The first-order chi connectivity index (χ1) is 12.8. The van der Waals surface area contributed by atoms with Gasteiger partial charge in [0.1, 0.15) is 11.5 Å². The van der Waals surface area contributed by atoms with Gasteiger partial charge in [0, 0.05) is 24.2 Å². The van der Waals surface area contributed by atoms with Crippen LogP contribution in [0.15, 0.2) is 48.5 Å². The molecule has 1 fully saturated rings. The van der Waals surface area contributed by atoms with Crippen LogP contribution in [0.3, 0.4) is 0 Å². The van der Waals surface area contributed by atoms with Crippen LogP contribution in [0.4, 0.5) is 4.79 Å². The zero-order valence-corrected chi connectivity index (χ0v) is 15.2. The molecule has 0 unspecified atom stereocenters. The monoisotopic (exact) mass is 354 g/mol. The summed E-state index contributed by atoms with van der Waals surface area (Å²) in [4.78, 5) is 12.1. The largest absolute Gasteiger partial charge is 0.496 e. The Hall–Kier alpha value is -2.69. The first-order valence-corrected chi connectivity index (χ1v) is 9.14. The summed E-state index contributed by atoms with van der Waals surface area (Å²) in [5, 5.41) is 5.77. The highest BCUT2D eigenvalue weighted by Crippen LogP contribution is 2.26. The Balaban J connectivity index is 1.51. The van der Waals surface area contributed by atoms with Crippen LogP contribution in [-0.4, -0.2) is 19.2 Å². The molecule has 1 aliphatic carbocycles. The summed E-state index contributed by atoms with van der Waals surface area (Å²) in [7, 11) is 1.63. The number of para-hydroxylation sites is 2. The Morgan fingerprint density at radius 2 is 1.46 bits per heavy atom. The number of ether oxygens (including phenoxy) is 2. The van der Waals surface area contributed by atoms with Crippen molar-refractivity contribution in [2.75, 3.05) is 7.11 Å². The molecule has 1 aliphatic rings. The van der Waals surface area contributed by atoms with Gasteiger partial charge in [-0.3, -0.25) is 0 Å². The third-order valence-corrected chi connectivity index (χ3v) is 4.64. The van der Waals surface area contributed by atoms with Crippen molar-refractivity contribution in [3.63, 3.8) is 0 Å². The Labute approximate surface area is 154 Å². The lowest BCUT2D eigenvalue weighted by Crippen LogP contribution is -2.34. The first-order valence-electron chi connectivity index (χ1n) is 9.14. The summed E-state index contributed by atoms with van der Waals surface area (Å²) in [6.45, 7) is 0.844. The number of benzene rings is 2. The second-order valence-corrected chi connectivity index (χ2v) is 6.48. The van der Waals surface area contributed by atoms with E-state index in [1.54, 1.807) is 7.11 Å². The molecular formula is C21H26N2O3. The number of carbonyl (C=O) groups is 1. The first kappa shape index (κ1) is 18.1. The topological polar surface area (TPSA) is 59.6 Å². The van der Waals surface area contributed by atoms with Gasteiger partial charge in [-0.25, -0.2) is 4.79 Å². The van der Waals surface area contributed by atoms with Crippen LogP contribution in [0.5, 0.6) is 11.5 Å². The van der Waals surface area contributed by atoms with Crippen LogP contribution in [0.25, 0.3) is 0 Å². The smallest absolute Gasteiger partial charge is 0.315 e. The zero-order chi connectivity index (χ0) is 18.2. The molecule has 0 aliphatic heterocycles. The molecule has 2 amide bonds. The number of carbonyl (C=O) groups excluding carboxylic acids is 1. The fourth-order valence-corrected chi connectivity index (χ4v) is 3.21. The normalized spacial score (nSPS) is 14.0. The molecule has 0 bridgehead atoms. The lowest BCUT2D eigenvalue weighted by atomic mass is 10.2. The molecule has 0 aromatic heterocycles. The molecular weight excluding hydrogens is 328 g/mol. The summed E-state index contributed by atoms with van der Waals surface area (Å²) < 4.78 is 11.4. The maximum Gasteiger partial charge on any atom is 0.315 e. The maximum atomic E-state index is 12.1. The van der Waals surface area contributed by atoms with E-state index in [1.807, 2.05) is 48.5 Å². The van der Waals surface area contributed by atoms with Gasteiger partial charge in [-0.1, -0.05) is 36.4 Å². The number of amides is 2. The standard InChI is InChI=1S/C21H26N2O3/c1-25-19-12-6-2-8-16(19)14-22-21(24)23-15-17-9-3-7-13-20(17)26-18-10-4-5-11-18/h2-3,6-9,12-13,18H,4-5,10-11,14-15H2,1H3,(H2,22,23,24). The Bertz CT molecular complexity index is 727. The van der Waals surface area contributed by atoms with Crippen LogP contribution >= 0.6 is 0 Å². The summed E-state index contributed by atoms with van der Waals surface area (Å²) in [6, 6.07) is 15.3. The molecule has 26 heavy (non-hydrogen) atoms. The maximum absolute atomic E-state index is 12.1. The van der Waals surface area contributed by atoms with Crippen molar-refractivity contribution in [3.05, 3.63) is 59.7 Å². The Morgan fingerprint density at radius 3 is 2.08 bits per heavy atom. The molecule has 2 aromatic rings. The van der Waals surface area contributed by atoms with Crippen molar-refractivity contribution in [3.8, 4) is 11.5 Å². The van der Waals surface area contributed by atoms with E-state index in [0.29, 0.717) is 19.2 Å². The van der Waals surface area contributed by atoms with E-state index in [9.17, 15) is 4.79 Å². The van der Waals surface area contributed by atoms with Crippen molar-refractivity contribution < 1.29 is 14.3 Å². The van der Waals surface area contributed by atoms with Crippen molar-refractivity contribution in [2.45, 2.75) is 44.9 Å². The summed E-state index contributed by atoms with van der Waals surface area (Å²) in [5.41, 5.74) is 1.93. The van der Waals surface area contributed by atoms with Gasteiger partial charge in [-0.2, -0.15) is 0 Å². The molecule has 0 saturated heterocycles. The molecule has 5 heteroatoms. The molecule has 0 radical (unpaired) electrons. The van der Waals surface area contributed by atoms with Crippen LogP contribution in [0, 0.1) is 0 Å². The van der Waals surface area contributed by atoms with Gasteiger partial charge >= 0.3 is 6.03 Å². The number of methoxy groups -OCH3 is 1. The van der Waals surface area contributed by atoms with E-state index < -0.39 is 0 Å². The second-order valence-electron chi connectivity index (χ2n) is 6.48. The van der Waals surface area contributed by atoms with E-state index in [1.165, 1.54) is 12.8 Å². The van der Waals surface area contributed by atoms with Gasteiger partial charge in [0.15, 0.2) is 0 Å². The number of hydrogen-bond donors (Lipinski definition) is 2. The van der Waals surface area contributed by atoms with Gasteiger partial charge in [0.25, 0.3) is 0 Å². The Kier molecular flexibility index (Phi) is 6.36. The third-order valence-electron chi connectivity index (χ3n) is 4.64. The van der Waals surface area contributed by atoms with Crippen LogP contribution < -0.4 is 20.1 Å². The molecule has 0 spiro atoms.